The van der Waals surface area contributed by atoms with Gasteiger partial charge in [0.05, 0.1) is 37.0 Å². The van der Waals surface area contributed by atoms with Crippen molar-refractivity contribution in [2.75, 3.05) is 7.11 Å². The summed E-state index contributed by atoms with van der Waals surface area (Å²) in [7, 11) is 1.57. The summed E-state index contributed by atoms with van der Waals surface area (Å²) in [6.07, 6.45) is 6.46. The number of rotatable bonds is 3. The van der Waals surface area contributed by atoms with Gasteiger partial charge in [0.15, 0.2) is 5.78 Å². The molecule has 0 unspecified atom stereocenters. The number of carbonyl (C=O) groups excluding carboxylic acids is 1. The van der Waals surface area contributed by atoms with Gasteiger partial charge >= 0.3 is 0 Å². The van der Waals surface area contributed by atoms with E-state index in [0.29, 0.717) is 11.3 Å². The molecule has 0 aromatic carbocycles. The minimum atomic E-state index is -0.0119. The molecule has 0 bridgehead atoms. The van der Waals surface area contributed by atoms with Crippen molar-refractivity contribution in [2.45, 2.75) is 6.92 Å². The molecule has 0 saturated heterocycles. The fourth-order valence-electron chi connectivity index (χ4n) is 1.29. The molecule has 0 aliphatic rings. The summed E-state index contributed by atoms with van der Waals surface area (Å²) in [6.45, 7) is 1.51. The monoisotopic (exact) mass is 217 g/mol. The molecule has 0 spiro atoms. The van der Waals surface area contributed by atoms with E-state index in [0.717, 1.165) is 5.69 Å². The zero-order chi connectivity index (χ0) is 11.5. The fraction of sp³-hybridized carbons (Fsp3) is 0.182. The first kappa shape index (κ1) is 10.4. The predicted octanol–water partition coefficient (Wildman–Crippen LogP) is 1.48. The van der Waals surface area contributed by atoms with Gasteiger partial charge in [-0.2, -0.15) is 5.10 Å². The first-order valence-electron chi connectivity index (χ1n) is 4.75. The molecule has 82 valence electrons. The first-order chi connectivity index (χ1) is 7.70. The summed E-state index contributed by atoms with van der Waals surface area (Å²) in [5.74, 6) is 0.638. The van der Waals surface area contributed by atoms with Crippen molar-refractivity contribution in [2.24, 2.45) is 0 Å². The number of Topliss-reactive ketones (excluding diaryl/α,β-unsaturated/α-hetero) is 1. The van der Waals surface area contributed by atoms with Crippen molar-refractivity contribution in [3.8, 4) is 11.4 Å². The van der Waals surface area contributed by atoms with Crippen molar-refractivity contribution >= 4 is 5.78 Å². The SMILES string of the molecule is COc1cncc(-n2cc(C(C)=O)cn2)c1. The van der Waals surface area contributed by atoms with Crippen LogP contribution in [0.4, 0.5) is 0 Å². The average molecular weight is 217 g/mol. The minimum absolute atomic E-state index is 0.0119. The minimum Gasteiger partial charge on any atom is -0.495 e. The Kier molecular flexibility index (Phi) is 2.68. The normalized spacial score (nSPS) is 10.1. The highest BCUT2D eigenvalue weighted by Gasteiger charge is 2.05. The third-order valence-corrected chi connectivity index (χ3v) is 2.19. The third-order valence-electron chi connectivity index (χ3n) is 2.19. The van der Waals surface area contributed by atoms with E-state index in [2.05, 4.69) is 10.1 Å². The van der Waals surface area contributed by atoms with E-state index in [1.54, 1.807) is 36.4 Å². The fourth-order valence-corrected chi connectivity index (χ4v) is 1.29. The summed E-state index contributed by atoms with van der Waals surface area (Å²) in [6, 6.07) is 1.80. The number of ether oxygens (including phenoxy) is 1. The van der Waals surface area contributed by atoms with Crippen LogP contribution in [-0.4, -0.2) is 27.7 Å². The van der Waals surface area contributed by atoms with Crippen LogP contribution in [0.5, 0.6) is 5.75 Å². The van der Waals surface area contributed by atoms with Crippen LogP contribution >= 0.6 is 0 Å². The topological polar surface area (TPSA) is 57.0 Å². The van der Waals surface area contributed by atoms with E-state index in [1.165, 1.54) is 13.1 Å². The second-order valence-corrected chi connectivity index (χ2v) is 3.31. The molecule has 0 radical (unpaired) electrons. The Morgan fingerprint density at radius 1 is 1.38 bits per heavy atom. The quantitative estimate of drug-likeness (QED) is 0.731. The molecular formula is C11H11N3O2. The van der Waals surface area contributed by atoms with E-state index >= 15 is 0 Å². The second kappa shape index (κ2) is 4.14. The number of ketones is 1. The number of carbonyl (C=O) groups is 1. The molecule has 0 aliphatic carbocycles. The van der Waals surface area contributed by atoms with Gasteiger partial charge in [0.25, 0.3) is 0 Å². The van der Waals surface area contributed by atoms with Gasteiger partial charge in [-0.05, 0) is 6.92 Å². The van der Waals surface area contributed by atoms with Crippen molar-refractivity contribution in [1.82, 2.24) is 14.8 Å². The average Bonchev–Trinajstić information content (AvgIpc) is 2.78. The molecule has 0 aliphatic heterocycles. The smallest absolute Gasteiger partial charge is 0.162 e. The van der Waals surface area contributed by atoms with Crippen molar-refractivity contribution in [3.05, 3.63) is 36.4 Å². The van der Waals surface area contributed by atoms with E-state index < -0.39 is 0 Å². The van der Waals surface area contributed by atoms with Gasteiger partial charge in [-0.1, -0.05) is 0 Å². The molecule has 0 saturated carbocycles. The molecule has 16 heavy (non-hydrogen) atoms. The maximum atomic E-state index is 11.1. The summed E-state index contributed by atoms with van der Waals surface area (Å²) < 4.78 is 6.65. The molecule has 2 heterocycles. The highest BCUT2D eigenvalue weighted by atomic mass is 16.5. The molecule has 0 atom stereocenters. The van der Waals surface area contributed by atoms with Gasteiger partial charge in [0, 0.05) is 12.3 Å². The Morgan fingerprint density at radius 3 is 2.81 bits per heavy atom. The first-order valence-corrected chi connectivity index (χ1v) is 4.75. The molecule has 2 aromatic rings. The largest absolute Gasteiger partial charge is 0.495 e. The van der Waals surface area contributed by atoms with Crippen LogP contribution < -0.4 is 4.74 Å². The van der Waals surface area contributed by atoms with E-state index in [4.69, 9.17) is 4.74 Å². The number of hydrogen-bond acceptors (Lipinski definition) is 4. The lowest BCUT2D eigenvalue weighted by atomic mass is 10.3. The number of hydrogen-bond donors (Lipinski definition) is 0. The molecular weight excluding hydrogens is 206 g/mol. The van der Waals surface area contributed by atoms with Gasteiger partial charge in [0.2, 0.25) is 0 Å². The molecule has 0 N–H and O–H groups in total. The Balaban J connectivity index is 2.38. The molecule has 2 rings (SSSR count). The Hall–Kier alpha value is -2.17. The van der Waals surface area contributed by atoms with Crippen LogP contribution in [0.2, 0.25) is 0 Å². The van der Waals surface area contributed by atoms with Crippen molar-refractivity contribution in [1.29, 1.82) is 0 Å². The molecule has 0 amide bonds. The lowest BCUT2D eigenvalue weighted by Gasteiger charge is -2.02. The van der Waals surface area contributed by atoms with Gasteiger partial charge in [-0.15, -0.1) is 0 Å². The predicted molar refractivity (Wildman–Crippen MR) is 57.9 cm³/mol. The van der Waals surface area contributed by atoms with Gasteiger partial charge in [0.1, 0.15) is 5.75 Å². The number of methoxy groups -OCH3 is 1. The van der Waals surface area contributed by atoms with Crippen molar-refractivity contribution in [3.63, 3.8) is 0 Å². The van der Waals surface area contributed by atoms with Crippen LogP contribution in [0.25, 0.3) is 5.69 Å². The van der Waals surface area contributed by atoms with Crippen LogP contribution in [-0.2, 0) is 0 Å². The van der Waals surface area contributed by atoms with Crippen LogP contribution in [0.1, 0.15) is 17.3 Å². The van der Waals surface area contributed by atoms with Crippen LogP contribution in [0, 0.1) is 0 Å². The molecule has 2 aromatic heterocycles. The number of pyridine rings is 1. The Bertz CT molecular complexity index is 519. The maximum Gasteiger partial charge on any atom is 0.162 e. The van der Waals surface area contributed by atoms with Crippen molar-refractivity contribution < 1.29 is 9.53 Å². The maximum absolute atomic E-state index is 11.1. The summed E-state index contributed by atoms with van der Waals surface area (Å²) in [5.41, 5.74) is 1.33. The Morgan fingerprint density at radius 2 is 2.19 bits per heavy atom. The summed E-state index contributed by atoms with van der Waals surface area (Å²) in [5, 5.41) is 4.08. The van der Waals surface area contributed by atoms with E-state index in [1.807, 2.05) is 0 Å². The van der Waals surface area contributed by atoms with Gasteiger partial charge < -0.3 is 4.74 Å². The second-order valence-electron chi connectivity index (χ2n) is 3.31. The lowest BCUT2D eigenvalue weighted by molar-refractivity contribution is 0.101. The standard InChI is InChI=1S/C11H11N3O2/c1-8(15)9-4-13-14(7-9)10-3-11(16-2)6-12-5-10/h3-7H,1-2H3. The molecule has 0 fully saturated rings. The third kappa shape index (κ3) is 1.93. The summed E-state index contributed by atoms with van der Waals surface area (Å²) in [4.78, 5) is 15.1. The highest BCUT2D eigenvalue weighted by Crippen LogP contribution is 2.14. The summed E-state index contributed by atoms with van der Waals surface area (Å²) >= 11 is 0. The Labute approximate surface area is 92.7 Å². The van der Waals surface area contributed by atoms with E-state index in [-0.39, 0.29) is 5.78 Å². The highest BCUT2D eigenvalue weighted by molar-refractivity contribution is 5.93. The zero-order valence-electron chi connectivity index (χ0n) is 9.04. The van der Waals surface area contributed by atoms with E-state index in [9.17, 15) is 4.79 Å². The van der Waals surface area contributed by atoms with Crippen LogP contribution in [0.3, 0.4) is 0 Å². The molecule has 5 heteroatoms. The van der Waals surface area contributed by atoms with Crippen LogP contribution in [0.15, 0.2) is 30.9 Å². The van der Waals surface area contributed by atoms with Gasteiger partial charge in [-0.25, -0.2) is 4.68 Å². The zero-order valence-corrected chi connectivity index (χ0v) is 9.04. The number of aromatic nitrogens is 3. The number of nitrogens with zero attached hydrogens (tertiary/aromatic N) is 3. The molecule has 5 nitrogen and oxygen atoms in total. The lowest BCUT2D eigenvalue weighted by Crippen LogP contribution is -1.96. The van der Waals surface area contributed by atoms with Gasteiger partial charge in [-0.3, -0.25) is 9.78 Å².